The number of hydrogen-bond acceptors (Lipinski definition) is 1. The molecule has 2 aromatic rings. The first-order chi connectivity index (χ1) is 6.68. The van der Waals surface area contributed by atoms with Crippen molar-refractivity contribution < 1.29 is 4.42 Å². The second-order valence-electron chi connectivity index (χ2n) is 2.72. The molecule has 0 fully saturated rings. The summed E-state index contributed by atoms with van der Waals surface area (Å²) >= 11 is 8.11. The van der Waals surface area contributed by atoms with Crippen molar-refractivity contribution in [3.8, 4) is 11.3 Å². The van der Waals surface area contributed by atoms with Gasteiger partial charge in [0.25, 0.3) is 0 Å². The molecule has 0 spiro atoms. The van der Waals surface area contributed by atoms with Crippen LogP contribution in [0.1, 0.15) is 0 Å². The Hall–Kier alpha value is 0.440. The maximum atomic E-state index is 5.40. The van der Waals surface area contributed by atoms with Crippen LogP contribution in [0.15, 0.2) is 39.4 Å². The van der Waals surface area contributed by atoms with E-state index in [1.165, 1.54) is 12.7 Å². The fraction of sp³-hybridized carbons (Fsp3) is 0. The summed E-state index contributed by atoms with van der Waals surface area (Å²) in [7, 11) is 0. The van der Waals surface area contributed by atoms with Gasteiger partial charge in [0.15, 0.2) is 0 Å². The molecule has 0 aliphatic heterocycles. The van der Waals surface area contributed by atoms with E-state index in [1.54, 1.807) is 6.26 Å². The van der Waals surface area contributed by atoms with Crippen LogP contribution in [0.5, 0.6) is 0 Å². The molecule has 0 aliphatic carbocycles. The summed E-state index contributed by atoms with van der Waals surface area (Å²) in [6.45, 7) is 0. The van der Waals surface area contributed by atoms with Crippen LogP contribution in [-0.4, -0.2) is 0 Å². The molecule has 14 heavy (non-hydrogen) atoms. The topological polar surface area (TPSA) is 13.1 Å². The molecule has 1 heterocycles. The predicted molar refractivity (Wildman–Crippen MR) is 77.3 cm³/mol. The van der Waals surface area contributed by atoms with Gasteiger partial charge in [0.2, 0.25) is 0 Å². The molecule has 4 heteroatoms. The van der Waals surface area contributed by atoms with E-state index in [4.69, 9.17) is 4.42 Å². The highest BCUT2D eigenvalue weighted by Gasteiger charge is 2.10. The van der Waals surface area contributed by atoms with Crippen molar-refractivity contribution in [2.45, 2.75) is 0 Å². The molecule has 0 bridgehead atoms. The maximum Gasteiger partial charge on any atom is 0.135 e. The van der Waals surface area contributed by atoms with Crippen molar-refractivity contribution in [3.63, 3.8) is 0 Å². The molecular weight excluding hydrogens is 470 g/mol. The molecule has 2 rings (SSSR count). The van der Waals surface area contributed by atoms with E-state index in [0.29, 0.717) is 0 Å². The maximum absolute atomic E-state index is 5.40. The highest BCUT2D eigenvalue weighted by molar-refractivity contribution is 14.1. The van der Waals surface area contributed by atoms with Crippen molar-refractivity contribution in [1.29, 1.82) is 0 Å². The number of furan rings is 1. The van der Waals surface area contributed by atoms with Crippen molar-refractivity contribution in [1.82, 2.24) is 0 Å². The summed E-state index contributed by atoms with van der Waals surface area (Å²) in [4.78, 5) is 0. The minimum absolute atomic E-state index is 0.923. The van der Waals surface area contributed by atoms with E-state index in [1.807, 2.05) is 12.1 Å². The summed E-state index contributed by atoms with van der Waals surface area (Å²) < 4.78 is 8.88. The lowest BCUT2D eigenvalue weighted by molar-refractivity contribution is 0.581. The number of benzene rings is 1. The fourth-order valence-corrected chi connectivity index (χ4v) is 4.81. The zero-order valence-electron chi connectivity index (χ0n) is 6.93. The van der Waals surface area contributed by atoms with Gasteiger partial charge in [-0.25, -0.2) is 0 Å². The highest BCUT2D eigenvalue weighted by atomic mass is 127. The van der Waals surface area contributed by atoms with Crippen LogP contribution in [0.2, 0.25) is 0 Å². The second-order valence-corrected chi connectivity index (χ2v) is 5.96. The third kappa shape index (κ3) is 2.16. The molecule has 0 aliphatic rings. The zero-order valence-corrected chi connectivity index (χ0v) is 12.8. The summed E-state index contributed by atoms with van der Waals surface area (Å²) in [5.74, 6) is 0.923. The Labute approximate surface area is 118 Å². The third-order valence-corrected chi connectivity index (χ3v) is 3.93. The normalized spacial score (nSPS) is 10.5. The van der Waals surface area contributed by atoms with E-state index in [9.17, 15) is 0 Å². The van der Waals surface area contributed by atoms with E-state index < -0.39 is 0 Å². The lowest BCUT2D eigenvalue weighted by Gasteiger charge is -2.05. The molecule has 1 nitrogen and oxygen atoms in total. The van der Waals surface area contributed by atoms with E-state index in [2.05, 4.69) is 73.2 Å². The quantitative estimate of drug-likeness (QED) is 0.535. The summed E-state index contributed by atoms with van der Waals surface area (Å²) in [5.41, 5.74) is 1.17. The van der Waals surface area contributed by atoms with Crippen LogP contribution in [0, 0.1) is 7.14 Å². The van der Waals surface area contributed by atoms with Gasteiger partial charge >= 0.3 is 0 Å². The minimum atomic E-state index is 0.923. The van der Waals surface area contributed by atoms with Gasteiger partial charge in [-0.15, -0.1) is 0 Å². The van der Waals surface area contributed by atoms with Crippen LogP contribution in [-0.2, 0) is 0 Å². The smallest absolute Gasteiger partial charge is 0.135 e. The largest absolute Gasteiger partial charge is 0.464 e. The van der Waals surface area contributed by atoms with Gasteiger partial charge in [0.1, 0.15) is 5.76 Å². The Morgan fingerprint density at radius 3 is 2.29 bits per heavy atom. The molecule has 0 N–H and O–H groups in total. The molecular formula is C10H5BrI2O. The molecule has 0 unspecified atom stereocenters. The van der Waals surface area contributed by atoms with Gasteiger partial charge in [0.05, 0.1) is 6.26 Å². The monoisotopic (exact) mass is 474 g/mol. The number of halogens is 3. The predicted octanol–water partition coefficient (Wildman–Crippen LogP) is 4.92. The van der Waals surface area contributed by atoms with Crippen LogP contribution in [0.3, 0.4) is 0 Å². The molecule has 0 atom stereocenters. The molecule has 1 aromatic heterocycles. The standard InChI is InChI=1S/C10H5BrI2O/c11-6-4-7(12)10(8(13)5-6)9-2-1-3-14-9/h1-5H. The van der Waals surface area contributed by atoms with Crippen LogP contribution in [0.25, 0.3) is 11.3 Å². The Morgan fingerprint density at radius 1 is 1.14 bits per heavy atom. The van der Waals surface area contributed by atoms with Crippen LogP contribution < -0.4 is 0 Å². The highest BCUT2D eigenvalue weighted by Crippen LogP contribution is 2.32. The van der Waals surface area contributed by atoms with E-state index >= 15 is 0 Å². The minimum Gasteiger partial charge on any atom is -0.464 e. The SMILES string of the molecule is Brc1cc(I)c(-c2ccco2)c(I)c1. The lowest BCUT2D eigenvalue weighted by atomic mass is 10.2. The van der Waals surface area contributed by atoms with Gasteiger partial charge in [-0.05, 0) is 69.4 Å². The van der Waals surface area contributed by atoms with Crippen molar-refractivity contribution in [2.24, 2.45) is 0 Å². The third-order valence-electron chi connectivity index (χ3n) is 1.77. The molecule has 0 amide bonds. The Morgan fingerprint density at radius 2 is 1.79 bits per heavy atom. The number of hydrogen-bond donors (Lipinski definition) is 0. The van der Waals surface area contributed by atoms with Crippen molar-refractivity contribution in [2.75, 3.05) is 0 Å². The van der Waals surface area contributed by atoms with Gasteiger partial charge < -0.3 is 4.42 Å². The summed E-state index contributed by atoms with van der Waals surface area (Å²) in [5, 5.41) is 0. The van der Waals surface area contributed by atoms with Gasteiger partial charge in [0, 0.05) is 17.2 Å². The molecule has 1 aromatic carbocycles. The molecule has 72 valence electrons. The van der Waals surface area contributed by atoms with Crippen LogP contribution >= 0.6 is 61.1 Å². The van der Waals surface area contributed by atoms with Crippen molar-refractivity contribution >= 4 is 61.1 Å². The molecule has 0 saturated heterocycles. The fourth-order valence-electron chi connectivity index (χ4n) is 1.20. The first kappa shape index (κ1) is 10.9. The Kier molecular flexibility index (Phi) is 3.54. The van der Waals surface area contributed by atoms with Crippen LogP contribution in [0.4, 0.5) is 0 Å². The summed E-state index contributed by atoms with van der Waals surface area (Å²) in [6.07, 6.45) is 1.70. The van der Waals surface area contributed by atoms with Gasteiger partial charge in [-0.3, -0.25) is 0 Å². The second kappa shape index (κ2) is 4.52. The number of rotatable bonds is 1. The molecule has 0 radical (unpaired) electrons. The van der Waals surface area contributed by atoms with Crippen molar-refractivity contribution in [3.05, 3.63) is 42.1 Å². The van der Waals surface area contributed by atoms with E-state index in [-0.39, 0.29) is 0 Å². The lowest BCUT2D eigenvalue weighted by Crippen LogP contribution is -1.86. The molecule has 0 saturated carbocycles. The zero-order chi connectivity index (χ0) is 10.1. The summed E-state index contributed by atoms with van der Waals surface area (Å²) in [6, 6.07) is 8.05. The van der Waals surface area contributed by atoms with E-state index in [0.717, 1.165) is 10.2 Å². The first-order valence-electron chi connectivity index (χ1n) is 3.87. The van der Waals surface area contributed by atoms with Gasteiger partial charge in [-0.1, -0.05) is 15.9 Å². The first-order valence-corrected chi connectivity index (χ1v) is 6.82. The average Bonchev–Trinajstić information content (AvgIpc) is 2.54. The Balaban J connectivity index is 2.64. The average molecular weight is 475 g/mol. The van der Waals surface area contributed by atoms with Gasteiger partial charge in [-0.2, -0.15) is 0 Å². The Bertz CT molecular complexity index is 428.